The summed E-state index contributed by atoms with van der Waals surface area (Å²) in [6.45, 7) is 0. The molecule has 1 amide bonds. The molecule has 0 bridgehead atoms. The van der Waals surface area contributed by atoms with E-state index >= 15 is 0 Å². The lowest BCUT2D eigenvalue weighted by Crippen LogP contribution is -2.34. The molecule has 0 fully saturated rings. The Kier molecular flexibility index (Phi) is 5.61. The number of rotatable bonds is 4. The molecule has 3 aromatic carbocycles. The topological polar surface area (TPSA) is 110 Å². The lowest BCUT2D eigenvalue weighted by atomic mass is 10.2. The first kappa shape index (κ1) is 20.5. The average molecular weight is 453 g/mol. The number of halogens is 1. The van der Waals surface area contributed by atoms with Crippen LogP contribution in [0.25, 0.3) is 22.6 Å². The molecule has 31 heavy (non-hydrogen) atoms. The van der Waals surface area contributed by atoms with Gasteiger partial charge in [-0.15, -0.1) is 0 Å². The molecule has 0 unspecified atom stereocenters. The quantitative estimate of drug-likeness (QED) is 0.249. The summed E-state index contributed by atoms with van der Waals surface area (Å²) in [5, 5.41) is 16.8. The largest absolute Gasteiger partial charge is 0.436 e. The van der Waals surface area contributed by atoms with Gasteiger partial charge in [-0.1, -0.05) is 17.7 Å². The van der Waals surface area contributed by atoms with Gasteiger partial charge in [0, 0.05) is 34.0 Å². The van der Waals surface area contributed by atoms with Crippen molar-refractivity contribution >= 4 is 57.3 Å². The minimum atomic E-state index is -0.536. The Hall–Kier alpha value is -3.82. The number of benzene rings is 3. The molecule has 0 radical (unpaired) electrons. The van der Waals surface area contributed by atoms with Crippen molar-refractivity contribution in [1.29, 1.82) is 0 Å². The molecular formula is C21H13ClN4O4S. The van der Waals surface area contributed by atoms with Gasteiger partial charge in [-0.05, 0) is 60.7 Å². The summed E-state index contributed by atoms with van der Waals surface area (Å²) in [7, 11) is 0. The van der Waals surface area contributed by atoms with Crippen LogP contribution in [0.3, 0.4) is 0 Å². The molecule has 2 N–H and O–H groups in total. The second-order valence-electron chi connectivity index (χ2n) is 6.42. The average Bonchev–Trinajstić information content (AvgIpc) is 3.17. The van der Waals surface area contributed by atoms with Crippen molar-refractivity contribution in [1.82, 2.24) is 10.3 Å². The maximum absolute atomic E-state index is 12.3. The molecule has 10 heteroatoms. The third-order valence-corrected chi connectivity index (χ3v) is 4.72. The number of thiocarbonyl (C=S) groups is 1. The van der Waals surface area contributed by atoms with Gasteiger partial charge in [0.15, 0.2) is 10.7 Å². The fourth-order valence-corrected chi connectivity index (χ4v) is 3.22. The van der Waals surface area contributed by atoms with E-state index in [9.17, 15) is 14.9 Å². The number of aromatic nitrogens is 1. The van der Waals surface area contributed by atoms with Gasteiger partial charge >= 0.3 is 0 Å². The number of non-ortho nitro benzene ring substituents is 1. The highest BCUT2D eigenvalue weighted by atomic mass is 35.5. The number of amides is 1. The Balaban J connectivity index is 1.45. The fraction of sp³-hybridized carbons (Fsp3) is 0. The second-order valence-corrected chi connectivity index (χ2v) is 7.27. The number of oxazole rings is 1. The van der Waals surface area contributed by atoms with Crippen molar-refractivity contribution in [3.8, 4) is 11.5 Å². The van der Waals surface area contributed by atoms with Gasteiger partial charge in [-0.3, -0.25) is 20.2 Å². The Morgan fingerprint density at radius 2 is 1.87 bits per heavy atom. The summed E-state index contributed by atoms with van der Waals surface area (Å²) in [4.78, 5) is 26.9. The monoisotopic (exact) mass is 452 g/mol. The molecule has 0 saturated heterocycles. The highest BCUT2D eigenvalue weighted by molar-refractivity contribution is 7.80. The first-order valence-electron chi connectivity index (χ1n) is 8.92. The molecule has 0 saturated carbocycles. The fourth-order valence-electron chi connectivity index (χ4n) is 2.82. The van der Waals surface area contributed by atoms with Crippen LogP contribution >= 0.6 is 23.8 Å². The Bertz CT molecular complexity index is 1320. The van der Waals surface area contributed by atoms with Gasteiger partial charge in [-0.25, -0.2) is 4.98 Å². The van der Waals surface area contributed by atoms with Crippen molar-refractivity contribution in [3.05, 3.63) is 87.4 Å². The predicted molar refractivity (Wildman–Crippen MR) is 121 cm³/mol. The number of hydrogen-bond donors (Lipinski definition) is 2. The van der Waals surface area contributed by atoms with Crippen molar-refractivity contribution in [2.45, 2.75) is 0 Å². The van der Waals surface area contributed by atoms with Crippen LogP contribution in [0, 0.1) is 10.1 Å². The van der Waals surface area contributed by atoms with E-state index in [0.717, 1.165) is 5.56 Å². The molecular weight excluding hydrogens is 440 g/mol. The number of nitrogens with one attached hydrogen (secondary N) is 2. The molecule has 0 atom stereocenters. The summed E-state index contributed by atoms with van der Waals surface area (Å²) in [5.41, 5.74) is 2.69. The molecule has 0 aliphatic rings. The first-order chi connectivity index (χ1) is 14.9. The smallest absolute Gasteiger partial charge is 0.269 e. The van der Waals surface area contributed by atoms with Crippen LogP contribution in [-0.2, 0) is 0 Å². The van der Waals surface area contributed by atoms with E-state index in [2.05, 4.69) is 15.6 Å². The number of carbonyl (C=O) groups excluding carboxylic acids is 1. The molecule has 8 nitrogen and oxygen atoms in total. The molecule has 0 aliphatic carbocycles. The third-order valence-electron chi connectivity index (χ3n) is 4.28. The molecule has 4 aromatic rings. The van der Waals surface area contributed by atoms with Crippen LogP contribution in [0.5, 0.6) is 0 Å². The molecule has 0 spiro atoms. The van der Waals surface area contributed by atoms with E-state index in [4.69, 9.17) is 28.2 Å². The van der Waals surface area contributed by atoms with Crippen LogP contribution in [0.15, 0.2) is 71.1 Å². The SMILES string of the molecule is O=C(NC(=S)Nc1ccc2oc(-c3cccc(Cl)c3)nc2c1)c1ccc([N+](=O)[O-])cc1. The van der Waals surface area contributed by atoms with E-state index in [1.807, 2.05) is 12.1 Å². The van der Waals surface area contributed by atoms with E-state index in [0.29, 0.717) is 27.7 Å². The van der Waals surface area contributed by atoms with Crippen LogP contribution in [0.4, 0.5) is 11.4 Å². The number of fused-ring (bicyclic) bond motifs is 1. The maximum Gasteiger partial charge on any atom is 0.269 e. The van der Waals surface area contributed by atoms with Gasteiger partial charge < -0.3 is 9.73 Å². The second kappa shape index (κ2) is 8.50. The third kappa shape index (κ3) is 4.68. The number of nitro benzene ring substituents is 1. The summed E-state index contributed by atoms with van der Waals surface area (Å²) >= 11 is 11.2. The molecule has 154 valence electrons. The van der Waals surface area contributed by atoms with Crippen molar-refractivity contribution in [3.63, 3.8) is 0 Å². The van der Waals surface area contributed by atoms with Crippen LogP contribution < -0.4 is 10.6 Å². The highest BCUT2D eigenvalue weighted by Crippen LogP contribution is 2.27. The highest BCUT2D eigenvalue weighted by Gasteiger charge is 2.12. The van der Waals surface area contributed by atoms with Gasteiger partial charge in [0.25, 0.3) is 11.6 Å². The lowest BCUT2D eigenvalue weighted by molar-refractivity contribution is -0.384. The Morgan fingerprint density at radius 3 is 2.58 bits per heavy atom. The zero-order valence-electron chi connectivity index (χ0n) is 15.7. The lowest BCUT2D eigenvalue weighted by Gasteiger charge is -2.09. The first-order valence-corrected chi connectivity index (χ1v) is 9.71. The van der Waals surface area contributed by atoms with Crippen LogP contribution in [0.1, 0.15) is 10.4 Å². The zero-order valence-corrected chi connectivity index (χ0v) is 17.2. The van der Waals surface area contributed by atoms with E-state index < -0.39 is 10.8 Å². The number of carbonyl (C=O) groups is 1. The predicted octanol–water partition coefficient (Wildman–Crippen LogP) is 5.18. The van der Waals surface area contributed by atoms with Crippen molar-refractivity contribution in [2.75, 3.05) is 5.32 Å². The van der Waals surface area contributed by atoms with Gasteiger partial charge in [0.05, 0.1) is 4.92 Å². The summed E-state index contributed by atoms with van der Waals surface area (Å²) in [5.74, 6) is -0.0538. The van der Waals surface area contributed by atoms with Crippen molar-refractivity contribution < 1.29 is 14.1 Å². The summed E-state index contributed by atoms with van der Waals surface area (Å²) in [6, 6.07) is 17.6. The molecule has 1 heterocycles. The summed E-state index contributed by atoms with van der Waals surface area (Å²) < 4.78 is 5.77. The number of nitro groups is 1. The number of anilines is 1. The zero-order chi connectivity index (χ0) is 22.0. The Labute approximate surface area is 186 Å². The van der Waals surface area contributed by atoms with E-state index in [1.165, 1.54) is 24.3 Å². The van der Waals surface area contributed by atoms with Crippen LogP contribution in [0.2, 0.25) is 5.02 Å². The minimum Gasteiger partial charge on any atom is -0.436 e. The normalized spacial score (nSPS) is 10.6. The number of hydrogen-bond acceptors (Lipinski definition) is 6. The minimum absolute atomic E-state index is 0.0706. The van der Waals surface area contributed by atoms with Gasteiger partial charge in [-0.2, -0.15) is 0 Å². The molecule has 0 aliphatic heterocycles. The Morgan fingerprint density at radius 1 is 1.10 bits per heavy atom. The number of nitrogens with zero attached hydrogens (tertiary/aromatic N) is 2. The molecule has 1 aromatic heterocycles. The van der Waals surface area contributed by atoms with E-state index in [1.54, 1.807) is 30.3 Å². The summed E-state index contributed by atoms with van der Waals surface area (Å²) in [6.07, 6.45) is 0. The van der Waals surface area contributed by atoms with Crippen LogP contribution in [-0.4, -0.2) is 20.9 Å². The van der Waals surface area contributed by atoms with Crippen molar-refractivity contribution in [2.24, 2.45) is 0 Å². The standard InChI is InChI=1S/C21H13ClN4O4S/c22-14-3-1-2-13(10-14)20-24-17-11-15(6-9-18(17)30-20)23-21(31)25-19(27)12-4-7-16(8-5-12)26(28)29/h1-11H,(H2,23,25,27,31). The van der Waals surface area contributed by atoms with E-state index in [-0.39, 0.29) is 16.4 Å². The molecule has 4 rings (SSSR count). The van der Waals surface area contributed by atoms with Gasteiger partial charge in [0.2, 0.25) is 5.89 Å². The maximum atomic E-state index is 12.3. The van der Waals surface area contributed by atoms with Gasteiger partial charge in [0.1, 0.15) is 5.52 Å².